The third-order valence-corrected chi connectivity index (χ3v) is 2.50. The van der Waals surface area contributed by atoms with Crippen molar-refractivity contribution in [3.8, 4) is 0 Å². The average Bonchev–Trinajstić information content (AvgIpc) is 1.87. The van der Waals surface area contributed by atoms with Crippen molar-refractivity contribution in [2.24, 2.45) is 5.73 Å². The third kappa shape index (κ3) is 3.58. The number of nitrogens with two attached hydrogens (primary N) is 1. The molecule has 0 saturated carbocycles. The Balaban J connectivity index is 3.68. The molecule has 4 nitrogen and oxygen atoms in total. The lowest BCUT2D eigenvalue weighted by atomic mass is 10.4. The van der Waals surface area contributed by atoms with Crippen molar-refractivity contribution in [1.82, 2.24) is 0 Å². The summed E-state index contributed by atoms with van der Waals surface area (Å²) in [6.07, 6.45) is 0. The molecule has 1 unspecified atom stereocenters. The first-order valence-electron chi connectivity index (χ1n) is 2.95. The highest BCUT2D eigenvalue weighted by atomic mass is 32.2. The van der Waals surface area contributed by atoms with Crippen LogP contribution in [0.4, 0.5) is 0 Å². The van der Waals surface area contributed by atoms with E-state index in [2.05, 4.69) is 0 Å². The van der Waals surface area contributed by atoms with E-state index in [1.165, 1.54) is 0 Å². The fourth-order valence-corrected chi connectivity index (χ4v) is 1.22. The number of hydrogen-bond acceptors (Lipinski definition) is 3. The van der Waals surface area contributed by atoms with Gasteiger partial charge in [0.15, 0.2) is 0 Å². The van der Waals surface area contributed by atoms with Crippen LogP contribution in [0.3, 0.4) is 0 Å². The topological polar surface area (TPSA) is 87.2 Å². The first kappa shape index (κ1) is 9.58. The maximum atomic E-state index is 10.1. The van der Waals surface area contributed by atoms with Crippen molar-refractivity contribution in [2.75, 3.05) is 11.5 Å². The van der Waals surface area contributed by atoms with Gasteiger partial charge in [-0.25, -0.2) is 0 Å². The molecule has 0 aromatic rings. The van der Waals surface area contributed by atoms with Gasteiger partial charge in [0.1, 0.15) is 6.04 Å². The molecule has 0 radical (unpaired) electrons. The number of aliphatic carboxylic acids is 1. The molecule has 0 aliphatic rings. The molecule has 0 aromatic heterocycles. The van der Waals surface area contributed by atoms with Crippen LogP contribution in [0.15, 0.2) is 0 Å². The molecular weight excluding hydrogens is 152 g/mol. The normalized spacial score (nSPS) is 16.2. The van der Waals surface area contributed by atoms with Gasteiger partial charge in [0.2, 0.25) is 0 Å². The molecular formula is C5H12N2O2S. The molecule has 0 saturated heterocycles. The fourth-order valence-electron chi connectivity index (χ4n) is 0.406. The van der Waals surface area contributed by atoms with Gasteiger partial charge >= 0.3 is 5.97 Å². The zero-order valence-electron chi connectivity index (χ0n) is 5.83. The lowest BCUT2D eigenvalue weighted by molar-refractivity contribution is -0.137. The molecule has 0 aliphatic carbocycles. The van der Waals surface area contributed by atoms with Crippen LogP contribution in [-0.2, 0) is 15.5 Å². The molecule has 5 heteroatoms. The Morgan fingerprint density at radius 2 is 2.40 bits per heavy atom. The minimum absolute atomic E-state index is 0.270. The zero-order chi connectivity index (χ0) is 8.15. The molecule has 0 spiro atoms. The third-order valence-electron chi connectivity index (χ3n) is 1.05. The van der Waals surface area contributed by atoms with Crippen LogP contribution in [-0.4, -0.2) is 28.6 Å². The van der Waals surface area contributed by atoms with Crippen LogP contribution in [0.25, 0.3) is 0 Å². The Kier molecular flexibility index (Phi) is 4.22. The predicted molar refractivity (Wildman–Crippen MR) is 41.1 cm³/mol. The van der Waals surface area contributed by atoms with Gasteiger partial charge in [-0.05, 0) is 0 Å². The maximum absolute atomic E-state index is 10.1. The second-order valence-corrected chi connectivity index (χ2v) is 3.79. The molecule has 0 heterocycles. The van der Waals surface area contributed by atoms with Gasteiger partial charge in [-0.3, -0.25) is 9.57 Å². The van der Waals surface area contributed by atoms with Crippen molar-refractivity contribution in [2.45, 2.75) is 13.0 Å². The lowest BCUT2D eigenvalue weighted by Gasteiger charge is -2.05. The Morgan fingerprint density at radius 1 is 1.90 bits per heavy atom. The summed E-state index contributed by atoms with van der Waals surface area (Å²) >= 11 is 0. The Bertz CT molecular complexity index is 149. The molecule has 0 bridgehead atoms. The van der Waals surface area contributed by atoms with E-state index in [-0.39, 0.29) is 5.75 Å². The van der Waals surface area contributed by atoms with Crippen LogP contribution >= 0.6 is 0 Å². The molecule has 0 aromatic carbocycles. The monoisotopic (exact) mass is 164 g/mol. The number of nitrogens with one attached hydrogen (secondary N) is 1. The van der Waals surface area contributed by atoms with E-state index in [0.29, 0.717) is 5.75 Å². The van der Waals surface area contributed by atoms with E-state index in [1.54, 1.807) is 0 Å². The summed E-state index contributed by atoms with van der Waals surface area (Å²) in [5, 5.41) is 8.32. The summed E-state index contributed by atoms with van der Waals surface area (Å²) < 4.78 is 7.23. The highest BCUT2D eigenvalue weighted by Gasteiger charge is 2.11. The molecule has 0 fully saturated rings. The van der Waals surface area contributed by atoms with Crippen LogP contribution < -0.4 is 5.73 Å². The van der Waals surface area contributed by atoms with Crippen LogP contribution in [0.2, 0.25) is 0 Å². The molecule has 0 aliphatic heterocycles. The average molecular weight is 164 g/mol. The van der Waals surface area contributed by atoms with Gasteiger partial charge < -0.3 is 10.8 Å². The van der Waals surface area contributed by atoms with Gasteiger partial charge in [0.05, 0.1) is 0 Å². The van der Waals surface area contributed by atoms with E-state index in [4.69, 9.17) is 15.6 Å². The minimum Gasteiger partial charge on any atom is -0.480 e. The summed E-state index contributed by atoms with van der Waals surface area (Å²) in [6, 6.07) is -0.860. The molecule has 4 N–H and O–H groups in total. The quantitative estimate of drug-likeness (QED) is 0.537. The van der Waals surface area contributed by atoms with E-state index >= 15 is 0 Å². The minimum atomic E-state index is -1.02. The second-order valence-electron chi connectivity index (χ2n) is 1.89. The summed E-state index contributed by atoms with van der Waals surface area (Å²) in [6.45, 7) is 1.85. The number of carboxylic acid groups (broad SMARTS) is 1. The molecule has 0 amide bonds. The van der Waals surface area contributed by atoms with Crippen molar-refractivity contribution >= 4 is 16.7 Å². The molecule has 2 atom stereocenters. The summed E-state index contributed by atoms with van der Waals surface area (Å²) in [5.41, 5.74) is 5.18. The van der Waals surface area contributed by atoms with E-state index in [0.717, 1.165) is 0 Å². The first-order valence-corrected chi connectivity index (χ1v) is 4.51. The van der Waals surface area contributed by atoms with Gasteiger partial charge in [-0.2, -0.15) is 0 Å². The lowest BCUT2D eigenvalue weighted by Crippen LogP contribution is -2.35. The number of carboxylic acids is 1. The standard InChI is InChI=1S/C5H12N2O2S/c1-2-10(7)3-4(6)5(8)9/h4,7H,2-3,6H2,1H3,(H,8,9)/t4-,10?/m0/s1. The van der Waals surface area contributed by atoms with Crippen molar-refractivity contribution in [3.63, 3.8) is 0 Å². The van der Waals surface area contributed by atoms with Gasteiger partial charge in [-0.15, -0.1) is 10.7 Å². The van der Waals surface area contributed by atoms with Crippen LogP contribution in [0.1, 0.15) is 6.92 Å². The highest BCUT2D eigenvalue weighted by molar-refractivity contribution is 7.86. The smallest absolute Gasteiger partial charge is 0.321 e. The predicted octanol–water partition coefficient (Wildman–Crippen LogP) is -0.201. The van der Waals surface area contributed by atoms with E-state index < -0.39 is 22.7 Å². The number of carbonyl (C=O) groups is 1. The van der Waals surface area contributed by atoms with Crippen molar-refractivity contribution in [1.29, 1.82) is 4.78 Å². The number of hydrogen-bond donors (Lipinski definition) is 3. The van der Waals surface area contributed by atoms with E-state index in [9.17, 15) is 4.79 Å². The Morgan fingerprint density at radius 3 is 2.70 bits per heavy atom. The number of rotatable bonds is 4. The second kappa shape index (κ2) is 4.40. The van der Waals surface area contributed by atoms with Crippen molar-refractivity contribution in [3.05, 3.63) is 0 Å². The maximum Gasteiger partial charge on any atom is 0.321 e. The fraction of sp³-hybridized carbons (Fsp3) is 0.800. The van der Waals surface area contributed by atoms with Crippen molar-refractivity contribution < 1.29 is 9.90 Å². The highest BCUT2D eigenvalue weighted by Crippen LogP contribution is 1.87. The SMILES string of the molecule is CCS(=N)C[C@H](N)C(=O)O. The largest absolute Gasteiger partial charge is 0.480 e. The Labute approximate surface area is 62.3 Å². The first-order chi connectivity index (χ1) is 4.57. The van der Waals surface area contributed by atoms with E-state index in [1.807, 2.05) is 6.92 Å². The molecule has 60 valence electrons. The Hall–Kier alpha value is -0.420. The summed E-state index contributed by atoms with van der Waals surface area (Å²) in [5.74, 6) is -0.0644. The molecule has 10 heavy (non-hydrogen) atoms. The zero-order valence-corrected chi connectivity index (χ0v) is 6.65. The van der Waals surface area contributed by atoms with Crippen LogP contribution in [0.5, 0.6) is 0 Å². The van der Waals surface area contributed by atoms with Crippen LogP contribution in [0, 0.1) is 4.78 Å². The summed E-state index contributed by atoms with van der Waals surface area (Å²) in [7, 11) is -0.583. The molecule has 0 rings (SSSR count). The van der Waals surface area contributed by atoms with Gasteiger partial charge in [0.25, 0.3) is 0 Å². The van der Waals surface area contributed by atoms with Gasteiger partial charge in [-0.1, -0.05) is 6.92 Å². The van der Waals surface area contributed by atoms with Gasteiger partial charge in [0, 0.05) is 11.5 Å². The summed E-state index contributed by atoms with van der Waals surface area (Å²) in [4.78, 5) is 10.1.